The number of rotatable bonds is 4. The van der Waals surface area contributed by atoms with Crippen molar-refractivity contribution < 1.29 is 8.83 Å². The second-order valence-electron chi connectivity index (χ2n) is 11.1. The van der Waals surface area contributed by atoms with Crippen LogP contribution in [0, 0.1) is 0 Å². The van der Waals surface area contributed by atoms with E-state index in [4.69, 9.17) is 8.83 Å². The Bertz CT molecular complexity index is 2440. The van der Waals surface area contributed by atoms with Gasteiger partial charge in [0.15, 0.2) is 0 Å². The summed E-state index contributed by atoms with van der Waals surface area (Å²) in [6.07, 6.45) is 0. The van der Waals surface area contributed by atoms with Crippen molar-refractivity contribution in [1.29, 1.82) is 0 Å². The van der Waals surface area contributed by atoms with E-state index in [-0.39, 0.29) is 0 Å². The van der Waals surface area contributed by atoms with Crippen LogP contribution >= 0.6 is 15.9 Å². The molecule has 1 N–H and O–H groups in total. The summed E-state index contributed by atoms with van der Waals surface area (Å²) in [4.78, 5) is 0. The second kappa shape index (κ2) is 12.1. The van der Waals surface area contributed by atoms with Crippen molar-refractivity contribution in [1.82, 2.24) is 0 Å². The standard InChI is InChI=1S/C24H17NO.C18H11BrO/c1-2-7-18(8-3-1)25-19-15-13-17(14-16-19)20-10-6-11-22-21-9-4-5-12-23(21)26-24(20)22;19-13-10-8-12(9-11-13)14-5-3-6-16-15-4-1-2-7-17(15)20-18(14)16/h1-16,25H;1-11H. The monoisotopic (exact) mass is 657 g/mol. The highest BCUT2D eigenvalue weighted by Crippen LogP contribution is 2.37. The number of anilines is 2. The molecular weight excluding hydrogens is 630 g/mol. The molecular formula is C42H28BrNO2. The number of hydrogen-bond acceptors (Lipinski definition) is 3. The van der Waals surface area contributed by atoms with Gasteiger partial charge >= 0.3 is 0 Å². The first-order valence-electron chi connectivity index (χ1n) is 15.2. The van der Waals surface area contributed by atoms with Crippen molar-refractivity contribution in [3.63, 3.8) is 0 Å². The molecule has 3 nitrogen and oxygen atoms in total. The molecule has 0 aliphatic rings. The van der Waals surface area contributed by atoms with E-state index < -0.39 is 0 Å². The van der Waals surface area contributed by atoms with E-state index in [0.717, 1.165) is 71.2 Å². The molecule has 0 fully saturated rings. The van der Waals surface area contributed by atoms with Crippen molar-refractivity contribution in [2.24, 2.45) is 0 Å². The molecule has 0 aliphatic heterocycles. The molecule has 9 aromatic rings. The molecule has 0 aliphatic carbocycles. The van der Waals surface area contributed by atoms with Crippen LogP contribution < -0.4 is 5.32 Å². The minimum Gasteiger partial charge on any atom is -0.455 e. The summed E-state index contributed by atoms with van der Waals surface area (Å²) in [5.41, 5.74) is 10.5. The molecule has 0 radical (unpaired) electrons. The van der Waals surface area contributed by atoms with Gasteiger partial charge < -0.3 is 14.2 Å². The molecule has 0 unspecified atom stereocenters. The number of halogens is 1. The number of para-hydroxylation sites is 5. The van der Waals surface area contributed by atoms with Gasteiger partial charge in [0.1, 0.15) is 22.3 Å². The summed E-state index contributed by atoms with van der Waals surface area (Å²) >= 11 is 3.47. The maximum atomic E-state index is 6.15. The van der Waals surface area contributed by atoms with Gasteiger partial charge in [0.05, 0.1) is 0 Å². The van der Waals surface area contributed by atoms with E-state index in [1.807, 2.05) is 54.6 Å². The summed E-state index contributed by atoms with van der Waals surface area (Å²) in [5, 5.41) is 8.07. The van der Waals surface area contributed by atoms with E-state index in [2.05, 4.69) is 130 Å². The minimum atomic E-state index is 0.928. The predicted octanol–water partition coefficient (Wildman–Crippen LogP) is 13.0. The summed E-state index contributed by atoms with van der Waals surface area (Å²) < 4.78 is 13.3. The second-order valence-corrected chi connectivity index (χ2v) is 12.1. The van der Waals surface area contributed by atoms with Crippen LogP contribution in [0.25, 0.3) is 66.1 Å². The fourth-order valence-corrected chi connectivity index (χ4v) is 6.26. The minimum absolute atomic E-state index is 0.928. The third kappa shape index (κ3) is 5.33. The van der Waals surface area contributed by atoms with E-state index >= 15 is 0 Å². The normalized spacial score (nSPS) is 11.2. The molecule has 7 aromatic carbocycles. The molecule has 0 saturated carbocycles. The van der Waals surface area contributed by atoms with Crippen molar-refractivity contribution in [3.8, 4) is 22.3 Å². The average Bonchev–Trinajstić information content (AvgIpc) is 3.69. The lowest BCUT2D eigenvalue weighted by atomic mass is 10.0. The summed E-state index contributed by atoms with van der Waals surface area (Å²) in [6.45, 7) is 0. The largest absolute Gasteiger partial charge is 0.455 e. The number of fused-ring (bicyclic) bond motifs is 6. The molecule has 46 heavy (non-hydrogen) atoms. The number of benzene rings is 7. The summed E-state index contributed by atoms with van der Waals surface area (Å²) in [5.74, 6) is 0. The molecule has 0 spiro atoms. The van der Waals surface area contributed by atoms with Crippen molar-refractivity contribution in [2.75, 3.05) is 5.32 Å². The van der Waals surface area contributed by atoms with Crippen LogP contribution in [0.5, 0.6) is 0 Å². The first-order valence-corrected chi connectivity index (χ1v) is 16.0. The van der Waals surface area contributed by atoms with Gasteiger partial charge in [-0.1, -0.05) is 131 Å². The summed E-state index contributed by atoms with van der Waals surface area (Å²) in [7, 11) is 0. The fourth-order valence-electron chi connectivity index (χ4n) is 6.00. The first-order chi connectivity index (χ1) is 22.7. The molecule has 4 heteroatoms. The van der Waals surface area contributed by atoms with Crippen LogP contribution in [-0.2, 0) is 0 Å². The molecule has 0 saturated heterocycles. The molecule has 0 bridgehead atoms. The van der Waals surface area contributed by atoms with Gasteiger partial charge in [0.25, 0.3) is 0 Å². The van der Waals surface area contributed by atoms with Crippen molar-refractivity contribution >= 4 is 71.2 Å². The fraction of sp³-hybridized carbons (Fsp3) is 0. The lowest BCUT2D eigenvalue weighted by molar-refractivity contribution is 0.669. The van der Waals surface area contributed by atoms with E-state index in [1.54, 1.807) is 0 Å². The Morgan fingerprint density at radius 3 is 1.35 bits per heavy atom. The van der Waals surface area contributed by atoms with E-state index in [9.17, 15) is 0 Å². The maximum Gasteiger partial charge on any atom is 0.143 e. The van der Waals surface area contributed by atoms with Crippen LogP contribution in [0.15, 0.2) is 177 Å². The average molecular weight is 659 g/mol. The highest BCUT2D eigenvalue weighted by Gasteiger charge is 2.12. The topological polar surface area (TPSA) is 38.3 Å². The predicted molar refractivity (Wildman–Crippen MR) is 196 cm³/mol. The smallest absolute Gasteiger partial charge is 0.143 e. The highest BCUT2D eigenvalue weighted by atomic mass is 79.9. The molecule has 0 atom stereocenters. The van der Waals surface area contributed by atoms with Crippen molar-refractivity contribution in [3.05, 3.63) is 168 Å². The van der Waals surface area contributed by atoms with Crippen LogP contribution in [0.3, 0.4) is 0 Å². The van der Waals surface area contributed by atoms with Crippen LogP contribution in [0.4, 0.5) is 11.4 Å². The quantitative estimate of drug-likeness (QED) is 0.205. The van der Waals surface area contributed by atoms with Gasteiger partial charge in [-0.25, -0.2) is 0 Å². The zero-order valence-corrected chi connectivity index (χ0v) is 26.4. The molecule has 220 valence electrons. The Hall–Kier alpha value is -5.58. The molecule has 9 rings (SSSR count). The number of furan rings is 2. The van der Waals surface area contributed by atoms with E-state index in [1.165, 1.54) is 10.8 Å². The Morgan fingerprint density at radius 2 is 0.804 bits per heavy atom. The van der Waals surface area contributed by atoms with Crippen molar-refractivity contribution in [2.45, 2.75) is 0 Å². The SMILES string of the molecule is Brc1ccc(-c2cccc3c2oc2ccccc23)cc1.c1ccc(Nc2ccc(-c3cccc4c3oc3ccccc34)cc2)cc1. The van der Waals surface area contributed by atoms with Crippen LogP contribution in [-0.4, -0.2) is 0 Å². The van der Waals surface area contributed by atoms with E-state index in [0.29, 0.717) is 0 Å². The highest BCUT2D eigenvalue weighted by molar-refractivity contribution is 9.10. The third-order valence-electron chi connectivity index (χ3n) is 8.22. The Labute approximate surface area is 274 Å². The molecule has 2 aromatic heterocycles. The lowest BCUT2D eigenvalue weighted by Crippen LogP contribution is -1.89. The molecule has 0 amide bonds. The zero-order valence-electron chi connectivity index (χ0n) is 24.8. The maximum absolute atomic E-state index is 6.15. The lowest BCUT2D eigenvalue weighted by Gasteiger charge is -2.08. The van der Waals surface area contributed by atoms with Crippen LogP contribution in [0.2, 0.25) is 0 Å². The third-order valence-corrected chi connectivity index (χ3v) is 8.75. The zero-order chi connectivity index (χ0) is 30.9. The number of nitrogens with one attached hydrogen (secondary N) is 1. The van der Waals surface area contributed by atoms with Gasteiger partial charge in [-0.05, 0) is 59.7 Å². The summed E-state index contributed by atoms with van der Waals surface area (Å²) in [6, 6.07) is 56.0. The Balaban J connectivity index is 0.000000140. The van der Waals surface area contributed by atoms with Gasteiger partial charge in [-0.15, -0.1) is 0 Å². The van der Waals surface area contributed by atoms with Gasteiger partial charge in [0, 0.05) is 48.5 Å². The molecule has 2 heterocycles. The Kier molecular flexibility index (Phi) is 7.33. The van der Waals surface area contributed by atoms with Crippen LogP contribution in [0.1, 0.15) is 0 Å². The number of hydrogen-bond donors (Lipinski definition) is 1. The van der Waals surface area contributed by atoms with Gasteiger partial charge in [-0.2, -0.15) is 0 Å². The Morgan fingerprint density at radius 1 is 0.370 bits per heavy atom. The van der Waals surface area contributed by atoms with Gasteiger partial charge in [-0.3, -0.25) is 0 Å². The van der Waals surface area contributed by atoms with Gasteiger partial charge in [0.2, 0.25) is 0 Å². The first kappa shape index (κ1) is 27.9.